The molecule has 6 heteroatoms. The number of anilines is 2. The number of carbonyl (C=O) groups is 3. The Kier molecular flexibility index (Phi) is 4.10. The van der Waals surface area contributed by atoms with Gasteiger partial charge in [-0.25, -0.2) is 4.90 Å². The molecule has 3 aromatic carbocycles. The van der Waals surface area contributed by atoms with Crippen molar-refractivity contribution in [2.45, 2.75) is 0 Å². The highest BCUT2D eigenvalue weighted by atomic mass is 16.2. The fraction of sp³-hybridized carbons (Fsp3) is 0. The summed E-state index contributed by atoms with van der Waals surface area (Å²) < 4.78 is 0. The highest BCUT2D eigenvalue weighted by Crippen LogP contribution is 2.33. The van der Waals surface area contributed by atoms with E-state index in [1.807, 2.05) is 24.3 Å². The van der Waals surface area contributed by atoms with Gasteiger partial charge in [-0.3, -0.25) is 19.4 Å². The third-order valence-electron chi connectivity index (χ3n) is 5.10. The lowest BCUT2D eigenvalue weighted by Crippen LogP contribution is -2.40. The molecule has 1 aromatic heterocycles. The number of amides is 3. The summed E-state index contributed by atoms with van der Waals surface area (Å²) in [7, 11) is 0. The van der Waals surface area contributed by atoms with Crippen molar-refractivity contribution in [1.29, 1.82) is 0 Å². The van der Waals surface area contributed by atoms with Gasteiger partial charge < -0.3 is 5.32 Å². The first-order valence-electron chi connectivity index (χ1n) is 9.35. The standard InChI is InChI=1S/C24H15N3O3/c28-22(16-11-13-25-14-12-16)26-17-7-9-18(10-8-17)27-23(29)19-5-1-3-15-4-2-6-20(21(15)19)24(27)30/h1-14H,(H,26,28). The Balaban J connectivity index is 1.46. The zero-order valence-corrected chi connectivity index (χ0v) is 15.7. The average molecular weight is 393 g/mol. The largest absolute Gasteiger partial charge is 0.322 e. The van der Waals surface area contributed by atoms with Crippen molar-refractivity contribution in [3.05, 3.63) is 102 Å². The minimum Gasteiger partial charge on any atom is -0.322 e. The normalized spacial score (nSPS) is 12.9. The van der Waals surface area contributed by atoms with E-state index in [1.54, 1.807) is 60.9 Å². The van der Waals surface area contributed by atoms with E-state index in [0.717, 1.165) is 5.39 Å². The molecule has 0 saturated carbocycles. The lowest BCUT2D eigenvalue weighted by atomic mass is 9.94. The third kappa shape index (κ3) is 2.82. The number of nitrogens with one attached hydrogen (secondary N) is 1. The van der Waals surface area contributed by atoms with Gasteiger partial charge in [-0.15, -0.1) is 0 Å². The van der Waals surface area contributed by atoms with E-state index in [9.17, 15) is 14.4 Å². The summed E-state index contributed by atoms with van der Waals surface area (Å²) in [6.07, 6.45) is 3.09. The van der Waals surface area contributed by atoms with Crippen LogP contribution in [-0.4, -0.2) is 22.7 Å². The second-order valence-corrected chi connectivity index (χ2v) is 6.89. The second kappa shape index (κ2) is 6.93. The van der Waals surface area contributed by atoms with Gasteiger partial charge in [0.1, 0.15) is 0 Å². The van der Waals surface area contributed by atoms with Crippen molar-refractivity contribution in [2.75, 3.05) is 10.2 Å². The number of rotatable bonds is 3. The van der Waals surface area contributed by atoms with E-state index in [0.29, 0.717) is 33.5 Å². The zero-order valence-electron chi connectivity index (χ0n) is 15.7. The summed E-state index contributed by atoms with van der Waals surface area (Å²) in [5.41, 5.74) is 2.48. The van der Waals surface area contributed by atoms with Gasteiger partial charge in [0.2, 0.25) is 0 Å². The zero-order chi connectivity index (χ0) is 20.7. The van der Waals surface area contributed by atoms with Gasteiger partial charge in [0.25, 0.3) is 17.7 Å². The molecule has 1 N–H and O–H groups in total. The minimum absolute atomic E-state index is 0.268. The van der Waals surface area contributed by atoms with Gasteiger partial charge in [0.05, 0.1) is 5.69 Å². The number of aromatic nitrogens is 1. The SMILES string of the molecule is O=C(Nc1ccc(N2C(=O)c3cccc4cccc(c34)C2=O)cc1)c1ccncc1. The number of imide groups is 1. The van der Waals surface area contributed by atoms with Gasteiger partial charge in [-0.1, -0.05) is 24.3 Å². The molecule has 3 amide bonds. The van der Waals surface area contributed by atoms with Crippen LogP contribution in [0.2, 0.25) is 0 Å². The van der Waals surface area contributed by atoms with Crippen LogP contribution in [0.25, 0.3) is 10.8 Å². The summed E-state index contributed by atoms with van der Waals surface area (Å²) in [4.78, 5) is 43.5. The van der Waals surface area contributed by atoms with Gasteiger partial charge in [0, 0.05) is 40.2 Å². The van der Waals surface area contributed by atoms with Crippen LogP contribution in [0, 0.1) is 0 Å². The first-order valence-corrected chi connectivity index (χ1v) is 9.35. The molecule has 0 bridgehead atoms. The van der Waals surface area contributed by atoms with Crippen molar-refractivity contribution in [3.63, 3.8) is 0 Å². The van der Waals surface area contributed by atoms with E-state index in [4.69, 9.17) is 0 Å². The molecule has 0 aliphatic carbocycles. The monoisotopic (exact) mass is 393 g/mol. The molecule has 30 heavy (non-hydrogen) atoms. The first kappa shape index (κ1) is 17.8. The van der Waals surface area contributed by atoms with Crippen LogP contribution in [0.1, 0.15) is 31.1 Å². The molecule has 144 valence electrons. The Hall–Kier alpha value is -4.32. The Morgan fingerprint density at radius 2 is 1.37 bits per heavy atom. The molecular weight excluding hydrogens is 378 g/mol. The summed E-state index contributed by atoms with van der Waals surface area (Å²) in [5.74, 6) is -0.994. The van der Waals surface area contributed by atoms with Crippen molar-refractivity contribution in [1.82, 2.24) is 4.98 Å². The lowest BCUT2D eigenvalue weighted by Gasteiger charge is -2.27. The van der Waals surface area contributed by atoms with Gasteiger partial charge in [-0.05, 0) is 53.9 Å². The van der Waals surface area contributed by atoms with Crippen LogP contribution in [0.4, 0.5) is 11.4 Å². The Morgan fingerprint density at radius 1 is 0.767 bits per heavy atom. The smallest absolute Gasteiger partial charge is 0.265 e. The maximum Gasteiger partial charge on any atom is 0.265 e. The van der Waals surface area contributed by atoms with Crippen LogP contribution in [-0.2, 0) is 0 Å². The molecule has 1 aliphatic rings. The number of hydrogen-bond acceptors (Lipinski definition) is 4. The summed E-state index contributed by atoms with van der Waals surface area (Å²) in [6.45, 7) is 0. The molecule has 4 aromatic rings. The maximum atomic E-state index is 13.1. The number of hydrogen-bond donors (Lipinski definition) is 1. The minimum atomic E-state index is -0.363. The first-order chi connectivity index (χ1) is 14.6. The number of pyridine rings is 1. The van der Waals surface area contributed by atoms with Crippen LogP contribution < -0.4 is 10.2 Å². The molecule has 0 spiro atoms. The van der Waals surface area contributed by atoms with Gasteiger partial charge in [0.15, 0.2) is 0 Å². The summed E-state index contributed by atoms with van der Waals surface area (Å²) in [5, 5.41) is 4.34. The topological polar surface area (TPSA) is 79.4 Å². The predicted octanol–water partition coefficient (Wildman–Crippen LogP) is 4.29. The van der Waals surface area contributed by atoms with Crippen LogP contribution in [0.5, 0.6) is 0 Å². The van der Waals surface area contributed by atoms with E-state index < -0.39 is 0 Å². The Labute approximate surface area is 171 Å². The van der Waals surface area contributed by atoms with Crippen LogP contribution in [0.15, 0.2) is 85.2 Å². The van der Waals surface area contributed by atoms with Gasteiger partial charge >= 0.3 is 0 Å². The summed E-state index contributed by atoms with van der Waals surface area (Å²) >= 11 is 0. The molecule has 0 fully saturated rings. The van der Waals surface area contributed by atoms with Gasteiger partial charge in [-0.2, -0.15) is 0 Å². The second-order valence-electron chi connectivity index (χ2n) is 6.89. The molecule has 1 aliphatic heterocycles. The van der Waals surface area contributed by atoms with E-state index in [1.165, 1.54) is 4.90 Å². The molecule has 0 unspecified atom stereocenters. The average Bonchev–Trinajstić information content (AvgIpc) is 2.79. The fourth-order valence-electron chi connectivity index (χ4n) is 3.67. The molecule has 0 radical (unpaired) electrons. The quantitative estimate of drug-likeness (QED) is 0.527. The van der Waals surface area contributed by atoms with Crippen molar-refractivity contribution in [2.24, 2.45) is 0 Å². The molecular formula is C24H15N3O3. The van der Waals surface area contributed by atoms with Crippen LogP contribution >= 0.6 is 0 Å². The summed E-state index contributed by atoms with van der Waals surface area (Å²) in [6, 6.07) is 20.7. The Morgan fingerprint density at radius 3 is 1.97 bits per heavy atom. The number of nitrogens with zero attached hydrogens (tertiary/aromatic N) is 2. The van der Waals surface area contributed by atoms with E-state index in [2.05, 4.69) is 10.3 Å². The third-order valence-corrected chi connectivity index (χ3v) is 5.10. The molecule has 0 atom stereocenters. The number of carbonyl (C=O) groups excluding carboxylic acids is 3. The van der Waals surface area contributed by atoms with Crippen molar-refractivity contribution in [3.8, 4) is 0 Å². The fourth-order valence-corrected chi connectivity index (χ4v) is 3.67. The number of benzene rings is 3. The molecule has 0 saturated heterocycles. The highest BCUT2D eigenvalue weighted by Gasteiger charge is 2.33. The van der Waals surface area contributed by atoms with Crippen molar-refractivity contribution >= 4 is 39.9 Å². The molecule has 6 nitrogen and oxygen atoms in total. The Bertz CT molecular complexity index is 1260. The predicted molar refractivity (Wildman–Crippen MR) is 114 cm³/mol. The molecule has 2 heterocycles. The van der Waals surface area contributed by atoms with E-state index >= 15 is 0 Å². The molecule has 5 rings (SSSR count). The van der Waals surface area contributed by atoms with Crippen LogP contribution in [0.3, 0.4) is 0 Å². The maximum absolute atomic E-state index is 13.1. The lowest BCUT2D eigenvalue weighted by molar-refractivity contribution is 0.0892. The highest BCUT2D eigenvalue weighted by molar-refractivity contribution is 6.35. The van der Waals surface area contributed by atoms with Crippen molar-refractivity contribution < 1.29 is 14.4 Å². The van der Waals surface area contributed by atoms with E-state index in [-0.39, 0.29) is 17.7 Å².